The van der Waals surface area contributed by atoms with E-state index in [-0.39, 0.29) is 24.3 Å². The zero-order valence-corrected chi connectivity index (χ0v) is 17.4. The van der Waals surface area contributed by atoms with E-state index in [0.717, 1.165) is 17.2 Å². The minimum Gasteiger partial charge on any atom is -0.493 e. The Balaban J connectivity index is 1.81. The minimum atomic E-state index is -2.32. The fraction of sp³-hybridized carbons (Fsp3) is 0.292. The molecule has 1 aromatic carbocycles. The zero-order valence-electron chi connectivity index (χ0n) is 19.4. The number of rotatable bonds is 12. The number of para-hydroxylation sites is 1. The highest BCUT2D eigenvalue weighted by Crippen LogP contribution is 2.23. The van der Waals surface area contributed by atoms with Crippen LogP contribution in [-0.2, 0) is 17.8 Å². The SMILES string of the molecule is [2H]C([2H])(c1ccco1)N(Cc1ccccc1OCCCCCC(=O)O)C(=O)c1ccc(F)nc1. The lowest BCUT2D eigenvalue weighted by molar-refractivity contribution is -0.137. The van der Waals surface area contributed by atoms with E-state index in [1.807, 2.05) is 0 Å². The van der Waals surface area contributed by atoms with Gasteiger partial charge in [0.1, 0.15) is 11.5 Å². The number of aromatic nitrogens is 1. The average molecular weight is 442 g/mol. The van der Waals surface area contributed by atoms with Gasteiger partial charge < -0.3 is 19.2 Å². The van der Waals surface area contributed by atoms with E-state index in [4.69, 9.17) is 17.0 Å². The monoisotopic (exact) mass is 442 g/mol. The van der Waals surface area contributed by atoms with Crippen LogP contribution in [0.5, 0.6) is 5.75 Å². The normalized spacial score (nSPS) is 12.0. The predicted octanol–water partition coefficient (Wildman–Crippen LogP) is 4.68. The number of furan rings is 1. The Morgan fingerprint density at radius 3 is 2.69 bits per heavy atom. The van der Waals surface area contributed by atoms with E-state index < -0.39 is 24.3 Å². The molecule has 0 aliphatic heterocycles. The molecule has 32 heavy (non-hydrogen) atoms. The van der Waals surface area contributed by atoms with Gasteiger partial charge >= 0.3 is 5.97 Å². The number of halogens is 1. The van der Waals surface area contributed by atoms with Crippen LogP contribution in [0.3, 0.4) is 0 Å². The molecule has 0 saturated carbocycles. The first kappa shape index (κ1) is 20.2. The van der Waals surface area contributed by atoms with Gasteiger partial charge in [-0.3, -0.25) is 9.59 Å². The van der Waals surface area contributed by atoms with Crippen LogP contribution in [0.25, 0.3) is 0 Å². The van der Waals surface area contributed by atoms with Crippen molar-refractivity contribution in [3.63, 3.8) is 0 Å². The number of ether oxygens (including phenoxy) is 1. The van der Waals surface area contributed by atoms with Crippen molar-refractivity contribution >= 4 is 11.9 Å². The molecule has 0 radical (unpaired) electrons. The summed E-state index contributed by atoms with van der Waals surface area (Å²) in [5.41, 5.74) is 0.584. The van der Waals surface area contributed by atoms with Gasteiger partial charge in [0.05, 0.1) is 34.2 Å². The van der Waals surface area contributed by atoms with Crippen LogP contribution in [0, 0.1) is 5.95 Å². The molecule has 0 atom stereocenters. The summed E-state index contributed by atoms with van der Waals surface area (Å²) in [7, 11) is 0. The Morgan fingerprint density at radius 2 is 1.97 bits per heavy atom. The maximum atomic E-state index is 13.3. The number of benzene rings is 1. The molecule has 0 fully saturated rings. The summed E-state index contributed by atoms with van der Waals surface area (Å²) < 4.78 is 41.6. The number of hydrogen-bond donors (Lipinski definition) is 1. The third-order valence-electron chi connectivity index (χ3n) is 4.58. The maximum Gasteiger partial charge on any atom is 0.303 e. The fourth-order valence-electron chi connectivity index (χ4n) is 2.98. The Morgan fingerprint density at radius 1 is 1.12 bits per heavy atom. The molecule has 168 valence electrons. The largest absolute Gasteiger partial charge is 0.493 e. The van der Waals surface area contributed by atoms with Gasteiger partial charge in [0.2, 0.25) is 5.95 Å². The first-order valence-electron chi connectivity index (χ1n) is 11.2. The van der Waals surface area contributed by atoms with Gasteiger partial charge in [-0.25, -0.2) is 4.98 Å². The summed E-state index contributed by atoms with van der Waals surface area (Å²) in [6.07, 6.45) is 4.38. The van der Waals surface area contributed by atoms with Crippen LogP contribution in [-0.4, -0.2) is 33.5 Å². The number of amides is 1. The molecule has 2 aromatic heterocycles. The highest BCUT2D eigenvalue weighted by Gasteiger charge is 2.20. The van der Waals surface area contributed by atoms with Crippen molar-refractivity contribution in [2.24, 2.45) is 0 Å². The second-order valence-corrected chi connectivity index (χ2v) is 7.01. The Hall–Kier alpha value is -3.68. The number of hydrogen-bond acceptors (Lipinski definition) is 5. The second kappa shape index (κ2) is 11.6. The highest BCUT2D eigenvalue weighted by molar-refractivity contribution is 5.93. The van der Waals surface area contributed by atoms with Gasteiger partial charge in [0.25, 0.3) is 5.91 Å². The molecule has 2 heterocycles. The van der Waals surface area contributed by atoms with E-state index in [2.05, 4.69) is 4.98 Å². The summed E-state index contributed by atoms with van der Waals surface area (Å²) in [5.74, 6) is -1.87. The first-order chi connectivity index (χ1) is 16.3. The molecule has 3 rings (SSSR count). The predicted molar refractivity (Wildman–Crippen MR) is 115 cm³/mol. The molecule has 3 aromatic rings. The van der Waals surface area contributed by atoms with Crippen molar-refractivity contribution in [1.29, 1.82) is 0 Å². The average Bonchev–Trinajstić information content (AvgIpc) is 3.36. The van der Waals surface area contributed by atoms with Crippen molar-refractivity contribution in [3.8, 4) is 5.75 Å². The van der Waals surface area contributed by atoms with Crippen LogP contribution < -0.4 is 4.74 Å². The molecule has 0 aliphatic carbocycles. The first-order valence-corrected chi connectivity index (χ1v) is 10.2. The standard InChI is InChI=1S/C24H25FN2O5/c25-22-12-11-18(15-26-22)24(30)27(17-20-8-6-14-31-20)16-19-7-3-4-9-21(19)32-13-5-1-2-10-23(28)29/h3-4,6-9,11-12,14-15H,1-2,5,10,13,16-17H2,(H,28,29)/i17D2. The highest BCUT2D eigenvalue weighted by atomic mass is 19.1. The van der Waals surface area contributed by atoms with Gasteiger partial charge in [-0.05, 0) is 49.6 Å². The number of carboxylic acid groups (broad SMARTS) is 1. The van der Waals surface area contributed by atoms with Gasteiger partial charge in [-0.2, -0.15) is 4.39 Å². The quantitative estimate of drug-likeness (QED) is 0.323. The molecule has 7 nitrogen and oxygen atoms in total. The number of nitrogens with zero attached hydrogens (tertiary/aromatic N) is 2. The second-order valence-electron chi connectivity index (χ2n) is 7.01. The van der Waals surface area contributed by atoms with E-state index in [0.29, 0.717) is 37.2 Å². The van der Waals surface area contributed by atoms with Gasteiger partial charge in [-0.15, -0.1) is 0 Å². The lowest BCUT2D eigenvalue weighted by Crippen LogP contribution is -2.30. The number of aliphatic carboxylic acids is 1. The van der Waals surface area contributed by atoms with Crippen molar-refractivity contribution in [2.75, 3.05) is 6.61 Å². The van der Waals surface area contributed by atoms with Crippen molar-refractivity contribution < 1.29 is 31.0 Å². The number of pyridine rings is 1. The third kappa shape index (κ3) is 6.94. The number of carbonyl (C=O) groups is 2. The van der Waals surface area contributed by atoms with E-state index >= 15 is 0 Å². The van der Waals surface area contributed by atoms with Crippen LogP contribution in [0.1, 0.15) is 50.1 Å². The summed E-state index contributed by atoms with van der Waals surface area (Å²) in [5, 5.41) is 8.72. The third-order valence-corrected chi connectivity index (χ3v) is 4.58. The molecule has 1 amide bonds. The Bertz CT molecular complexity index is 1090. The van der Waals surface area contributed by atoms with Crippen LogP contribution in [0.2, 0.25) is 0 Å². The minimum absolute atomic E-state index is 0.0219. The number of carbonyl (C=O) groups excluding carboxylic acids is 1. The van der Waals surface area contributed by atoms with Crippen LogP contribution in [0.4, 0.5) is 4.39 Å². The summed E-state index contributed by atoms with van der Waals surface area (Å²) in [4.78, 5) is 28.4. The Labute approximate surface area is 188 Å². The fourth-order valence-corrected chi connectivity index (χ4v) is 2.98. The molecular formula is C24H25FN2O5. The number of carboxylic acids is 1. The topological polar surface area (TPSA) is 92.9 Å². The van der Waals surface area contributed by atoms with Crippen molar-refractivity contribution in [1.82, 2.24) is 9.88 Å². The molecule has 0 unspecified atom stereocenters. The van der Waals surface area contributed by atoms with E-state index in [1.165, 1.54) is 24.5 Å². The molecule has 8 heteroatoms. The van der Waals surface area contributed by atoms with Crippen molar-refractivity contribution in [3.05, 3.63) is 83.8 Å². The molecule has 0 bridgehead atoms. The molecule has 1 N–H and O–H groups in total. The van der Waals surface area contributed by atoms with Gasteiger partial charge in [0, 0.05) is 18.2 Å². The smallest absolute Gasteiger partial charge is 0.303 e. The van der Waals surface area contributed by atoms with E-state index in [9.17, 15) is 14.0 Å². The van der Waals surface area contributed by atoms with Gasteiger partial charge in [-0.1, -0.05) is 18.2 Å². The van der Waals surface area contributed by atoms with E-state index in [1.54, 1.807) is 24.3 Å². The molecule has 0 saturated heterocycles. The summed E-state index contributed by atoms with van der Waals surface area (Å²) in [6.45, 7) is -2.13. The van der Waals surface area contributed by atoms with Gasteiger partial charge in [0.15, 0.2) is 0 Å². The van der Waals surface area contributed by atoms with Crippen LogP contribution in [0.15, 0.2) is 65.4 Å². The Kier molecular flexibility index (Phi) is 7.36. The molecule has 0 aliphatic rings. The zero-order chi connectivity index (χ0) is 24.6. The number of unbranched alkanes of at least 4 members (excludes halogenated alkanes) is 2. The molecular weight excluding hydrogens is 415 g/mol. The summed E-state index contributed by atoms with van der Waals surface area (Å²) >= 11 is 0. The maximum absolute atomic E-state index is 13.3. The molecule has 0 spiro atoms. The van der Waals surface area contributed by atoms with Crippen molar-refractivity contribution in [2.45, 2.75) is 38.7 Å². The lowest BCUT2D eigenvalue weighted by atomic mass is 10.1. The summed E-state index contributed by atoms with van der Waals surface area (Å²) in [6, 6.07) is 12.2. The lowest BCUT2D eigenvalue weighted by Gasteiger charge is -2.23. The van der Waals surface area contributed by atoms with Crippen LogP contribution >= 0.6 is 0 Å².